The Morgan fingerprint density at radius 3 is 2.55 bits per heavy atom. The molecule has 2 rings (SSSR count). The first-order valence-electron chi connectivity index (χ1n) is 5.79. The number of hydrogen-bond acceptors (Lipinski definition) is 4. The molecule has 20 heavy (non-hydrogen) atoms. The molecule has 1 aromatic carbocycles. The number of carbonyl (C=O) groups is 1. The molecule has 0 atom stereocenters. The molecular formula is C12H13N3O4S. The average molecular weight is 295 g/mol. The third-order valence-electron chi connectivity index (χ3n) is 2.60. The van der Waals surface area contributed by atoms with E-state index in [1.807, 2.05) is 0 Å². The number of nitrogens with zero attached hydrogens (tertiary/aromatic N) is 2. The van der Waals surface area contributed by atoms with Crippen LogP contribution in [0, 0.1) is 0 Å². The Morgan fingerprint density at radius 1 is 1.30 bits per heavy atom. The fourth-order valence-corrected chi connectivity index (χ4v) is 2.61. The largest absolute Gasteiger partial charge is 0.478 e. The molecule has 2 aromatic rings. The van der Waals surface area contributed by atoms with Gasteiger partial charge < -0.3 is 5.11 Å². The van der Waals surface area contributed by atoms with Gasteiger partial charge in [-0.15, -0.1) is 0 Å². The monoisotopic (exact) mass is 295 g/mol. The van der Waals surface area contributed by atoms with E-state index in [9.17, 15) is 13.2 Å². The van der Waals surface area contributed by atoms with E-state index in [1.54, 1.807) is 23.1 Å². The van der Waals surface area contributed by atoms with E-state index in [4.69, 9.17) is 5.11 Å². The number of aromatic nitrogens is 2. The van der Waals surface area contributed by atoms with Crippen molar-refractivity contribution in [2.24, 2.45) is 0 Å². The third kappa shape index (κ3) is 3.43. The van der Waals surface area contributed by atoms with Crippen LogP contribution in [0.3, 0.4) is 0 Å². The Labute approximate surface area is 115 Å². The maximum Gasteiger partial charge on any atom is 0.335 e. The minimum absolute atomic E-state index is 0.0305. The summed E-state index contributed by atoms with van der Waals surface area (Å²) in [7, 11) is -3.64. The number of benzene rings is 1. The van der Waals surface area contributed by atoms with Gasteiger partial charge in [0.25, 0.3) is 0 Å². The van der Waals surface area contributed by atoms with Crippen LogP contribution < -0.4 is 4.72 Å². The number of hydrogen-bond donors (Lipinski definition) is 2. The summed E-state index contributed by atoms with van der Waals surface area (Å²) in [5.74, 6) is -1.10. The molecule has 0 fully saturated rings. The lowest BCUT2D eigenvalue weighted by atomic mass is 10.2. The summed E-state index contributed by atoms with van der Waals surface area (Å²) in [5.41, 5.74) is 0.0421. The van der Waals surface area contributed by atoms with Crippen molar-refractivity contribution in [2.75, 3.05) is 6.54 Å². The van der Waals surface area contributed by atoms with Crippen LogP contribution in [0.2, 0.25) is 0 Å². The molecule has 0 saturated carbocycles. The molecule has 0 aliphatic carbocycles. The van der Waals surface area contributed by atoms with Gasteiger partial charge in [-0.05, 0) is 30.3 Å². The molecule has 0 saturated heterocycles. The molecular weight excluding hydrogens is 282 g/mol. The second-order valence-electron chi connectivity index (χ2n) is 4.00. The van der Waals surface area contributed by atoms with Gasteiger partial charge >= 0.3 is 5.97 Å². The lowest BCUT2D eigenvalue weighted by molar-refractivity contribution is 0.0696. The van der Waals surface area contributed by atoms with Crippen LogP contribution in [0.5, 0.6) is 0 Å². The van der Waals surface area contributed by atoms with E-state index in [0.717, 1.165) is 0 Å². The van der Waals surface area contributed by atoms with Crippen LogP contribution in [0.25, 0.3) is 0 Å². The number of rotatable bonds is 6. The number of nitrogens with one attached hydrogen (secondary N) is 1. The van der Waals surface area contributed by atoms with Gasteiger partial charge in [-0.2, -0.15) is 5.10 Å². The minimum atomic E-state index is -3.64. The number of aromatic carboxylic acids is 1. The predicted octanol–water partition coefficient (Wildman–Crippen LogP) is 0.560. The van der Waals surface area contributed by atoms with Crippen molar-refractivity contribution in [3.63, 3.8) is 0 Å². The number of carboxylic acid groups (broad SMARTS) is 1. The van der Waals surface area contributed by atoms with Gasteiger partial charge in [-0.25, -0.2) is 17.9 Å². The lowest BCUT2D eigenvalue weighted by Gasteiger charge is -2.07. The molecule has 2 N–H and O–H groups in total. The van der Waals surface area contributed by atoms with Crippen molar-refractivity contribution >= 4 is 16.0 Å². The van der Waals surface area contributed by atoms with Crippen molar-refractivity contribution in [2.45, 2.75) is 11.4 Å². The highest BCUT2D eigenvalue weighted by Gasteiger charge is 2.14. The van der Waals surface area contributed by atoms with Crippen molar-refractivity contribution in [3.8, 4) is 0 Å². The molecule has 8 heteroatoms. The molecule has 0 aliphatic heterocycles. The molecule has 1 heterocycles. The van der Waals surface area contributed by atoms with Gasteiger partial charge in [0.15, 0.2) is 0 Å². The maximum absolute atomic E-state index is 12.0. The van der Waals surface area contributed by atoms with Crippen molar-refractivity contribution < 1.29 is 18.3 Å². The topological polar surface area (TPSA) is 101 Å². The van der Waals surface area contributed by atoms with Crippen LogP contribution in [0.15, 0.2) is 47.6 Å². The molecule has 0 aliphatic rings. The summed E-state index contributed by atoms with van der Waals surface area (Å²) in [6, 6.07) is 6.79. The first-order valence-corrected chi connectivity index (χ1v) is 7.28. The third-order valence-corrected chi connectivity index (χ3v) is 4.08. The Kier molecular flexibility index (Phi) is 4.16. The van der Waals surface area contributed by atoms with Crippen molar-refractivity contribution in [3.05, 3.63) is 48.3 Å². The zero-order valence-corrected chi connectivity index (χ0v) is 11.2. The maximum atomic E-state index is 12.0. The van der Waals surface area contributed by atoms with E-state index < -0.39 is 16.0 Å². The van der Waals surface area contributed by atoms with Crippen LogP contribution in [0.1, 0.15) is 10.4 Å². The second-order valence-corrected chi connectivity index (χ2v) is 5.76. The average Bonchev–Trinajstić information content (AvgIpc) is 2.92. The van der Waals surface area contributed by atoms with Gasteiger partial charge in [0, 0.05) is 18.9 Å². The summed E-state index contributed by atoms with van der Waals surface area (Å²) < 4.78 is 27.9. The van der Waals surface area contributed by atoms with Gasteiger partial charge in [0.05, 0.1) is 17.0 Å². The van der Waals surface area contributed by atoms with Gasteiger partial charge in [0.2, 0.25) is 10.0 Å². The first-order chi connectivity index (χ1) is 9.49. The highest BCUT2D eigenvalue weighted by atomic mass is 32.2. The summed E-state index contributed by atoms with van der Waals surface area (Å²) in [6.45, 7) is 0.615. The smallest absolute Gasteiger partial charge is 0.335 e. The fraction of sp³-hybridized carbons (Fsp3) is 0.167. The van der Waals surface area contributed by atoms with Crippen LogP contribution in [0.4, 0.5) is 0 Å². The standard InChI is InChI=1S/C12H13N3O4S/c16-12(17)10-2-4-11(5-3-10)20(18,19)14-7-9-15-8-1-6-13-15/h1-6,8,14H,7,9H2,(H,16,17). The van der Waals surface area contributed by atoms with Crippen LogP contribution in [-0.4, -0.2) is 35.8 Å². The molecule has 0 unspecified atom stereocenters. The van der Waals surface area contributed by atoms with E-state index in [0.29, 0.717) is 6.54 Å². The highest BCUT2D eigenvalue weighted by Crippen LogP contribution is 2.10. The normalized spacial score (nSPS) is 11.4. The quantitative estimate of drug-likeness (QED) is 0.811. The Balaban J connectivity index is 2.00. The summed E-state index contributed by atoms with van der Waals surface area (Å²) >= 11 is 0. The van der Waals surface area contributed by atoms with E-state index in [1.165, 1.54) is 24.3 Å². The summed E-state index contributed by atoms with van der Waals surface area (Å²) in [4.78, 5) is 10.7. The van der Waals surface area contributed by atoms with Crippen LogP contribution in [-0.2, 0) is 16.6 Å². The minimum Gasteiger partial charge on any atom is -0.478 e. The highest BCUT2D eigenvalue weighted by molar-refractivity contribution is 7.89. The van der Waals surface area contributed by atoms with Gasteiger partial charge in [0.1, 0.15) is 0 Å². The van der Waals surface area contributed by atoms with E-state index in [2.05, 4.69) is 9.82 Å². The van der Waals surface area contributed by atoms with Gasteiger partial charge in [-0.3, -0.25) is 4.68 Å². The lowest BCUT2D eigenvalue weighted by Crippen LogP contribution is -2.27. The van der Waals surface area contributed by atoms with Crippen molar-refractivity contribution in [1.29, 1.82) is 0 Å². The van der Waals surface area contributed by atoms with E-state index >= 15 is 0 Å². The molecule has 1 aromatic heterocycles. The predicted molar refractivity (Wildman–Crippen MR) is 70.8 cm³/mol. The number of sulfonamides is 1. The Bertz CT molecular complexity index is 678. The molecule has 0 amide bonds. The molecule has 106 valence electrons. The summed E-state index contributed by atoms with van der Waals surface area (Å²) in [5, 5.41) is 12.7. The van der Waals surface area contributed by atoms with Crippen molar-refractivity contribution in [1.82, 2.24) is 14.5 Å². The SMILES string of the molecule is O=C(O)c1ccc(S(=O)(=O)NCCn2cccn2)cc1. The molecule has 7 nitrogen and oxygen atoms in total. The zero-order valence-electron chi connectivity index (χ0n) is 10.4. The number of carboxylic acids is 1. The second kappa shape index (κ2) is 5.85. The molecule has 0 spiro atoms. The van der Waals surface area contributed by atoms with E-state index in [-0.39, 0.29) is 17.0 Å². The van der Waals surface area contributed by atoms with Crippen LogP contribution >= 0.6 is 0 Å². The fourth-order valence-electron chi connectivity index (χ4n) is 1.59. The van der Waals surface area contributed by atoms with Gasteiger partial charge in [-0.1, -0.05) is 0 Å². The first kappa shape index (κ1) is 14.2. The Morgan fingerprint density at radius 2 is 2.00 bits per heavy atom. The molecule has 0 radical (unpaired) electrons. The zero-order chi connectivity index (χ0) is 14.6. The summed E-state index contributed by atoms with van der Waals surface area (Å²) in [6.07, 6.45) is 3.34. The molecule has 0 bridgehead atoms. The Hall–Kier alpha value is -2.19.